The third kappa shape index (κ3) is 4.46. The quantitative estimate of drug-likeness (QED) is 0.898. The van der Waals surface area contributed by atoms with Crippen LogP contribution in [0.25, 0.3) is 0 Å². The molecule has 0 unspecified atom stereocenters. The second kappa shape index (κ2) is 7.46. The smallest absolute Gasteiger partial charge is 0.253 e. The molecule has 0 saturated heterocycles. The first-order chi connectivity index (χ1) is 10.1. The summed E-state index contributed by atoms with van der Waals surface area (Å²) in [5.41, 5.74) is 0.387. The first-order valence-electron chi connectivity index (χ1n) is 7.40. The van der Waals surface area contributed by atoms with Crippen molar-refractivity contribution >= 4 is 23.4 Å². The molecule has 1 aromatic rings. The maximum Gasteiger partial charge on any atom is 0.253 e. The molecule has 1 aliphatic rings. The van der Waals surface area contributed by atoms with Crippen molar-refractivity contribution in [3.8, 4) is 0 Å². The molecule has 1 saturated carbocycles. The van der Waals surface area contributed by atoms with Crippen LogP contribution in [-0.4, -0.2) is 24.4 Å². The Labute approximate surface area is 130 Å². The highest BCUT2D eigenvalue weighted by atomic mass is 35.5. The van der Waals surface area contributed by atoms with Gasteiger partial charge in [-0.25, -0.2) is 0 Å². The zero-order valence-electron chi connectivity index (χ0n) is 12.2. The lowest BCUT2D eigenvalue weighted by Gasteiger charge is -2.29. The molecule has 0 heterocycles. The molecule has 0 spiro atoms. The molecule has 1 fully saturated rings. The standard InChI is InChI=1S/C16H21ClN2O2/c1-11-6-2-5-9-14(11)19-15(20)10-18-16(21)12-7-3-4-8-13(12)17/h3-4,7-8,11,14H,2,5-6,9-10H2,1H3,(H,18,21)(H,19,20)/t11-,14-/m1/s1. The molecule has 1 aliphatic carbocycles. The average molecular weight is 309 g/mol. The first kappa shape index (κ1) is 15.8. The maximum atomic E-state index is 12.0. The van der Waals surface area contributed by atoms with E-state index >= 15 is 0 Å². The zero-order valence-corrected chi connectivity index (χ0v) is 13.0. The first-order valence-corrected chi connectivity index (χ1v) is 7.78. The van der Waals surface area contributed by atoms with Gasteiger partial charge in [0, 0.05) is 6.04 Å². The molecule has 0 aromatic heterocycles. The second-order valence-corrected chi connectivity index (χ2v) is 6.01. The van der Waals surface area contributed by atoms with Crippen LogP contribution in [0.2, 0.25) is 5.02 Å². The summed E-state index contributed by atoms with van der Waals surface area (Å²) in [5, 5.41) is 6.00. The summed E-state index contributed by atoms with van der Waals surface area (Å²) in [7, 11) is 0. The average Bonchev–Trinajstić information content (AvgIpc) is 2.48. The van der Waals surface area contributed by atoms with E-state index in [9.17, 15) is 9.59 Å². The van der Waals surface area contributed by atoms with Crippen molar-refractivity contribution in [2.45, 2.75) is 38.6 Å². The molecule has 2 rings (SSSR count). The van der Waals surface area contributed by atoms with E-state index < -0.39 is 0 Å². The Bertz CT molecular complexity index is 519. The Morgan fingerprint density at radius 3 is 2.67 bits per heavy atom. The molecule has 21 heavy (non-hydrogen) atoms. The molecule has 0 bridgehead atoms. The largest absolute Gasteiger partial charge is 0.352 e. The van der Waals surface area contributed by atoms with Gasteiger partial charge in [0.05, 0.1) is 17.1 Å². The van der Waals surface area contributed by atoms with Crippen LogP contribution in [0.4, 0.5) is 0 Å². The fraction of sp³-hybridized carbons (Fsp3) is 0.500. The molecular weight excluding hydrogens is 288 g/mol. The van der Waals surface area contributed by atoms with Crippen LogP contribution in [0, 0.1) is 5.92 Å². The fourth-order valence-corrected chi connectivity index (χ4v) is 2.91. The Kier molecular flexibility index (Phi) is 5.62. The molecule has 4 nitrogen and oxygen atoms in total. The van der Waals surface area contributed by atoms with Gasteiger partial charge in [-0.05, 0) is 30.9 Å². The number of halogens is 1. The highest BCUT2D eigenvalue weighted by Crippen LogP contribution is 2.23. The summed E-state index contributed by atoms with van der Waals surface area (Å²) in [6, 6.07) is 7.02. The summed E-state index contributed by atoms with van der Waals surface area (Å²) in [6.45, 7) is 2.14. The van der Waals surface area contributed by atoms with Crippen LogP contribution in [0.3, 0.4) is 0 Å². The van der Waals surface area contributed by atoms with E-state index in [2.05, 4.69) is 17.6 Å². The molecular formula is C16H21ClN2O2. The van der Waals surface area contributed by atoms with Crippen molar-refractivity contribution in [1.82, 2.24) is 10.6 Å². The molecule has 2 N–H and O–H groups in total. The topological polar surface area (TPSA) is 58.2 Å². The summed E-state index contributed by atoms with van der Waals surface area (Å²) >= 11 is 5.95. The Balaban J connectivity index is 1.81. The summed E-state index contributed by atoms with van der Waals surface area (Å²) < 4.78 is 0. The number of carbonyl (C=O) groups is 2. The molecule has 0 radical (unpaired) electrons. The Morgan fingerprint density at radius 1 is 1.24 bits per heavy atom. The second-order valence-electron chi connectivity index (χ2n) is 5.60. The van der Waals surface area contributed by atoms with Crippen LogP contribution in [0.5, 0.6) is 0 Å². The summed E-state index contributed by atoms with van der Waals surface area (Å²) in [6.07, 6.45) is 4.56. The van der Waals surface area contributed by atoms with Gasteiger partial charge in [0.15, 0.2) is 0 Å². The third-order valence-corrected chi connectivity index (χ3v) is 4.32. The third-order valence-electron chi connectivity index (χ3n) is 3.99. The number of carbonyl (C=O) groups excluding carboxylic acids is 2. The van der Waals surface area contributed by atoms with Gasteiger partial charge in [-0.1, -0.05) is 43.5 Å². The lowest BCUT2D eigenvalue weighted by atomic mass is 9.86. The van der Waals surface area contributed by atoms with Crippen molar-refractivity contribution < 1.29 is 9.59 Å². The highest BCUT2D eigenvalue weighted by Gasteiger charge is 2.22. The maximum absolute atomic E-state index is 12.0. The number of rotatable bonds is 4. The molecule has 5 heteroatoms. The Hall–Kier alpha value is -1.55. The Morgan fingerprint density at radius 2 is 1.95 bits per heavy atom. The van der Waals surface area contributed by atoms with Crippen LogP contribution >= 0.6 is 11.6 Å². The minimum absolute atomic E-state index is 0.0206. The van der Waals surface area contributed by atoms with Crippen LogP contribution < -0.4 is 10.6 Å². The zero-order chi connectivity index (χ0) is 15.2. The number of nitrogens with one attached hydrogen (secondary N) is 2. The van der Waals surface area contributed by atoms with Gasteiger partial charge < -0.3 is 10.6 Å². The van der Waals surface area contributed by atoms with E-state index in [1.165, 1.54) is 6.42 Å². The van der Waals surface area contributed by atoms with Crippen molar-refractivity contribution in [2.24, 2.45) is 5.92 Å². The van der Waals surface area contributed by atoms with Gasteiger partial charge in [0.1, 0.15) is 0 Å². The minimum Gasteiger partial charge on any atom is -0.352 e. The van der Waals surface area contributed by atoms with Gasteiger partial charge in [-0.15, -0.1) is 0 Å². The normalized spacial score (nSPS) is 21.6. The van der Waals surface area contributed by atoms with Crippen molar-refractivity contribution in [2.75, 3.05) is 6.54 Å². The van der Waals surface area contributed by atoms with Gasteiger partial charge in [0.25, 0.3) is 5.91 Å². The highest BCUT2D eigenvalue weighted by molar-refractivity contribution is 6.33. The number of hydrogen-bond donors (Lipinski definition) is 2. The summed E-state index contributed by atoms with van der Waals surface area (Å²) in [4.78, 5) is 23.9. The number of benzene rings is 1. The monoisotopic (exact) mass is 308 g/mol. The molecule has 1 aromatic carbocycles. The van der Waals surface area contributed by atoms with Crippen molar-refractivity contribution in [3.63, 3.8) is 0 Å². The number of hydrogen-bond acceptors (Lipinski definition) is 2. The van der Waals surface area contributed by atoms with Gasteiger partial charge >= 0.3 is 0 Å². The minimum atomic E-state index is -0.326. The lowest BCUT2D eigenvalue weighted by molar-refractivity contribution is -0.121. The number of amides is 2. The lowest BCUT2D eigenvalue weighted by Crippen LogP contribution is -2.45. The summed E-state index contributed by atoms with van der Waals surface area (Å²) in [5.74, 6) is 0.0311. The van der Waals surface area contributed by atoms with E-state index in [1.807, 2.05) is 0 Å². The van der Waals surface area contributed by atoms with Crippen LogP contribution in [-0.2, 0) is 4.79 Å². The fourth-order valence-electron chi connectivity index (χ4n) is 2.69. The van der Waals surface area contributed by atoms with E-state index in [0.29, 0.717) is 16.5 Å². The van der Waals surface area contributed by atoms with Gasteiger partial charge in [-0.2, -0.15) is 0 Å². The van der Waals surface area contributed by atoms with Crippen molar-refractivity contribution in [1.29, 1.82) is 0 Å². The van der Waals surface area contributed by atoms with E-state index in [1.54, 1.807) is 24.3 Å². The molecule has 2 atom stereocenters. The van der Waals surface area contributed by atoms with E-state index in [0.717, 1.165) is 19.3 Å². The van der Waals surface area contributed by atoms with Crippen LogP contribution in [0.15, 0.2) is 24.3 Å². The predicted molar refractivity (Wildman–Crippen MR) is 83.3 cm³/mol. The molecule has 0 aliphatic heterocycles. The van der Waals surface area contributed by atoms with E-state index in [4.69, 9.17) is 11.6 Å². The SMILES string of the molecule is C[C@@H]1CCCC[C@H]1NC(=O)CNC(=O)c1ccccc1Cl. The molecule has 114 valence electrons. The molecule has 2 amide bonds. The van der Waals surface area contributed by atoms with Crippen LogP contribution in [0.1, 0.15) is 43.0 Å². The predicted octanol–water partition coefficient (Wildman–Crippen LogP) is 2.76. The van der Waals surface area contributed by atoms with Gasteiger partial charge in [-0.3, -0.25) is 9.59 Å². The van der Waals surface area contributed by atoms with Gasteiger partial charge in [0.2, 0.25) is 5.91 Å². The van der Waals surface area contributed by atoms with E-state index in [-0.39, 0.29) is 24.4 Å². The van der Waals surface area contributed by atoms with Crippen molar-refractivity contribution in [3.05, 3.63) is 34.9 Å².